The normalized spacial score (nSPS) is 17.5. The predicted molar refractivity (Wildman–Crippen MR) is 112 cm³/mol. The zero-order valence-electron chi connectivity index (χ0n) is 16.3. The smallest absolute Gasteiger partial charge is 0.319 e. The van der Waals surface area contributed by atoms with Gasteiger partial charge in [0.1, 0.15) is 0 Å². The van der Waals surface area contributed by atoms with Gasteiger partial charge in [-0.25, -0.2) is 4.79 Å². The van der Waals surface area contributed by atoms with Gasteiger partial charge in [-0.1, -0.05) is 57.8 Å². The number of benzene rings is 1. The molecule has 0 saturated heterocycles. The highest BCUT2D eigenvalue weighted by molar-refractivity contribution is 5.89. The monoisotopic (exact) mass is 367 g/mol. The molecule has 0 radical (unpaired) electrons. The van der Waals surface area contributed by atoms with Crippen molar-refractivity contribution in [1.29, 1.82) is 0 Å². The van der Waals surface area contributed by atoms with Crippen LogP contribution in [0.3, 0.4) is 0 Å². The molecule has 0 bridgehead atoms. The molecule has 0 atom stereocenters. The molecule has 1 aromatic heterocycles. The first-order valence-electron chi connectivity index (χ1n) is 10.6. The van der Waals surface area contributed by atoms with Crippen LogP contribution in [-0.4, -0.2) is 16.6 Å². The quantitative estimate of drug-likeness (QED) is 0.659. The standard InChI is InChI=1S/C23H33N3O/c27-23(24-20-12-8-6-4-2-1-3-5-7-9-13-20)25-21-14-16-22(17-15-21)26-18-10-11-19-26/h10-11,14-20H,1-9,12-13H2,(H2,24,25,27). The second kappa shape index (κ2) is 10.8. The minimum Gasteiger partial charge on any atom is -0.335 e. The van der Waals surface area contributed by atoms with Crippen LogP contribution in [0.25, 0.3) is 5.69 Å². The lowest BCUT2D eigenvalue weighted by atomic mass is 9.98. The van der Waals surface area contributed by atoms with Crippen LogP contribution in [0, 0.1) is 0 Å². The second-order valence-electron chi connectivity index (χ2n) is 7.69. The maximum Gasteiger partial charge on any atom is 0.319 e. The summed E-state index contributed by atoms with van der Waals surface area (Å²) in [5.41, 5.74) is 1.92. The van der Waals surface area contributed by atoms with Crippen LogP contribution in [-0.2, 0) is 0 Å². The number of aromatic nitrogens is 1. The molecule has 2 N–H and O–H groups in total. The summed E-state index contributed by atoms with van der Waals surface area (Å²) in [6.07, 6.45) is 18.1. The van der Waals surface area contributed by atoms with Crippen molar-refractivity contribution in [3.05, 3.63) is 48.8 Å². The Bertz CT molecular complexity index is 651. The van der Waals surface area contributed by atoms with Gasteiger partial charge in [0.25, 0.3) is 0 Å². The van der Waals surface area contributed by atoms with Gasteiger partial charge in [-0.15, -0.1) is 0 Å². The molecule has 2 amide bonds. The van der Waals surface area contributed by atoms with Crippen LogP contribution in [0.5, 0.6) is 0 Å². The first-order valence-corrected chi connectivity index (χ1v) is 10.6. The highest BCUT2D eigenvalue weighted by Gasteiger charge is 2.13. The highest BCUT2D eigenvalue weighted by atomic mass is 16.2. The van der Waals surface area contributed by atoms with Crippen LogP contribution in [0.1, 0.15) is 70.6 Å². The SMILES string of the molecule is O=C(Nc1ccc(-n2cccc2)cc1)NC1CCCCCCCCCCC1. The summed E-state index contributed by atoms with van der Waals surface area (Å²) in [6, 6.07) is 12.2. The van der Waals surface area contributed by atoms with E-state index in [1.165, 1.54) is 57.8 Å². The third-order valence-corrected chi connectivity index (χ3v) is 5.47. The molecule has 1 heterocycles. The van der Waals surface area contributed by atoms with Crippen molar-refractivity contribution in [1.82, 2.24) is 9.88 Å². The van der Waals surface area contributed by atoms with Crippen molar-refractivity contribution >= 4 is 11.7 Å². The van der Waals surface area contributed by atoms with Gasteiger partial charge in [-0.3, -0.25) is 0 Å². The fourth-order valence-electron chi connectivity index (χ4n) is 3.88. The van der Waals surface area contributed by atoms with E-state index in [1.807, 2.05) is 48.8 Å². The number of amides is 2. The van der Waals surface area contributed by atoms with Gasteiger partial charge in [0.05, 0.1) is 0 Å². The average molecular weight is 368 g/mol. The van der Waals surface area contributed by atoms with Gasteiger partial charge in [0.15, 0.2) is 0 Å². The summed E-state index contributed by atoms with van der Waals surface area (Å²) < 4.78 is 2.05. The van der Waals surface area contributed by atoms with Gasteiger partial charge in [0, 0.05) is 29.8 Å². The van der Waals surface area contributed by atoms with Crippen LogP contribution in [0.4, 0.5) is 10.5 Å². The zero-order chi connectivity index (χ0) is 18.7. The molecule has 1 aromatic carbocycles. The fourth-order valence-corrected chi connectivity index (χ4v) is 3.88. The number of nitrogens with one attached hydrogen (secondary N) is 2. The molecule has 0 spiro atoms. The van der Waals surface area contributed by atoms with E-state index in [9.17, 15) is 4.79 Å². The Labute approximate surface area is 163 Å². The zero-order valence-corrected chi connectivity index (χ0v) is 16.3. The molecule has 1 aliphatic carbocycles. The van der Waals surface area contributed by atoms with E-state index in [0.717, 1.165) is 24.2 Å². The van der Waals surface area contributed by atoms with Crippen LogP contribution >= 0.6 is 0 Å². The number of anilines is 1. The number of nitrogens with zero attached hydrogens (tertiary/aromatic N) is 1. The number of carbonyl (C=O) groups excluding carboxylic acids is 1. The topological polar surface area (TPSA) is 46.1 Å². The van der Waals surface area contributed by atoms with Gasteiger partial charge < -0.3 is 15.2 Å². The Morgan fingerprint density at radius 2 is 1.30 bits per heavy atom. The van der Waals surface area contributed by atoms with E-state index in [-0.39, 0.29) is 6.03 Å². The summed E-state index contributed by atoms with van der Waals surface area (Å²) in [7, 11) is 0. The minimum atomic E-state index is -0.0826. The third-order valence-electron chi connectivity index (χ3n) is 5.47. The Kier molecular flexibility index (Phi) is 7.82. The molecule has 4 nitrogen and oxygen atoms in total. The summed E-state index contributed by atoms with van der Waals surface area (Å²) in [6.45, 7) is 0. The highest BCUT2D eigenvalue weighted by Crippen LogP contribution is 2.18. The Morgan fingerprint density at radius 3 is 1.85 bits per heavy atom. The summed E-state index contributed by atoms with van der Waals surface area (Å²) in [4.78, 5) is 12.4. The van der Waals surface area contributed by atoms with Crippen molar-refractivity contribution in [2.24, 2.45) is 0 Å². The number of hydrogen-bond acceptors (Lipinski definition) is 1. The van der Waals surface area contributed by atoms with Gasteiger partial charge in [-0.2, -0.15) is 0 Å². The van der Waals surface area contributed by atoms with Gasteiger partial charge in [0.2, 0.25) is 0 Å². The Hall–Kier alpha value is -2.23. The van der Waals surface area contributed by atoms with Crippen molar-refractivity contribution in [3.63, 3.8) is 0 Å². The fraction of sp³-hybridized carbons (Fsp3) is 0.522. The van der Waals surface area contributed by atoms with Gasteiger partial charge in [-0.05, 0) is 49.2 Å². The van der Waals surface area contributed by atoms with E-state index in [1.54, 1.807) is 0 Å². The molecule has 1 saturated carbocycles. The van der Waals surface area contributed by atoms with Crippen LogP contribution in [0.15, 0.2) is 48.8 Å². The minimum absolute atomic E-state index is 0.0826. The first kappa shape index (κ1) is 19.5. The second-order valence-corrected chi connectivity index (χ2v) is 7.69. The summed E-state index contributed by atoms with van der Waals surface area (Å²) in [5, 5.41) is 6.20. The van der Waals surface area contributed by atoms with E-state index in [0.29, 0.717) is 6.04 Å². The lowest BCUT2D eigenvalue weighted by molar-refractivity contribution is 0.246. The maximum absolute atomic E-state index is 12.4. The molecule has 1 aliphatic rings. The number of hydrogen-bond donors (Lipinski definition) is 2. The van der Waals surface area contributed by atoms with E-state index >= 15 is 0 Å². The predicted octanol–water partition coefficient (Wildman–Crippen LogP) is 6.27. The van der Waals surface area contributed by atoms with Crippen molar-refractivity contribution < 1.29 is 4.79 Å². The maximum atomic E-state index is 12.4. The number of rotatable bonds is 3. The van der Waals surface area contributed by atoms with E-state index < -0.39 is 0 Å². The van der Waals surface area contributed by atoms with Crippen molar-refractivity contribution in [2.75, 3.05) is 5.32 Å². The Balaban J connectivity index is 1.48. The average Bonchev–Trinajstić information content (AvgIpc) is 3.19. The molecule has 146 valence electrons. The van der Waals surface area contributed by atoms with Crippen molar-refractivity contribution in [2.45, 2.75) is 76.7 Å². The molecule has 1 fully saturated rings. The third kappa shape index (κ3) is 6.78. The van der Waals surface area contributed by atoms with E-state index in [4.69, 9.17) is 0 Å². The largest absolute Gasteiger partial charge is 0.335 e. The van der Waals surface area contributed by atoms with Gasteiger partial charge >= 0.3 is 6.03 Å². The number of urea groups is 1. The lowest BCUT2D eigenvalue weighted by Gasteiger charge is -2.20. The van der Waals surface area contributed by atoms with Crippen LogP contribution < -0.4 is 10.6 Å². The molecule has 4 heteroatoms. The molecular weight excluding hydrogens is 334 g/mol. The molecular formula is C23H33N3O. The molecule has 0 aliphatic heterocycles. The summed E-state index contributed by atoms with van der Waals surface area (Å²) >= 11 is 0. The molecule has 3 rings (SSSR count). The van der Waals surface area contributed by atoms with Crippen molar-refractivity contribution in [3.8, 4) is 5.69 Å². The summed E-state index contributed by atoms with van der Waals surface area (Å²) in [5.74, 6) is 0. The molecule has 2 aromatic rings. The lowest BCUT2D eigenvalue weighted by Crippen LogP contribution is -2.38. The first-order chi connectivity index (χ1) is 13.3. The molecule has 0 unspecified atom stereocenters. The van der Waals surface area contributed by atoms with E-state index in [2.05, 4.69) is 15.2 Å². The van der Waals surface area contributed by atoms with Crippen LogP contribution in [0.2, 0.25) is 0 Å². The number of carbonyl (C=O) groups is 1. The Morgan fingerprint density at radius 1 is 0.778 bits per heavy atom. The molecule has 27 heavy (non-hydrogen) atoms.